The SMILES string of the molecule is Cc1c(Cl)cccc1C1CCCn2nc(N)nc21. The molecule has 0 saturated heterocycles. The van der Waals surface area contributed by atoms with Crippen LogP contribution < -0.4 is 5.73 Å². The van der Waals surface area contributed by atoms with Crippen molar-refractivity contribution in [1.82, 2.24) is 14.8 Å². The molecule has 1 aliphatic heterocycles. The van der Waals surface area contributed by atoms with Gasteiger partial charge in [-0.3, -0.25) is 0 Å². The molecule has 0 fully saturated rings. The highest BCUT2D eigenvalue weighted by molar-refractivity contribution is 6.31. The summed E-state index contributed by atoms with van der Waals surface area (Å²) in [5.74, 6) is 1.57. The first-order valence-corrected chi connectivity index (χ1v) is 6.50. The van der Waals surface area contributed by atoms with Gasteiger partial charge in [-0.05, 0) is 37.0 Å². The summed E-state index contributed by atoms with van der Waals surface area (Å²) in [5, 5.41) is 5.03. The molecule has 1 aliphatic rings. The number of hydrogen-bond donors (Lipinski definition) is 1. The maximum atomic E-state index is 6.20. The number of aromatic nitrogens is 3. The Morgan fingerprint density at radius 3 is 3.11 bits per heavy atom. The van der Waals surface area contributed by atoms with Crippen molar-refractivity contribution in [3.8, 4) is 0 Å². The Bertz CT molecular complexity index is 591. The van der Waals surface area contributed by atoms with Crippen molar-refractivity contribution in [2.24, 2.45) is 0 Å². The Morgan fingerprint density at radius 2 is 2.28 bits per heavy atom. The van der Waals surface area contributed by atoms with Crippen molar-refractivity contribution in [3.63, 3.8) is 0 Å². The number of nitrogen functional groups attached to an aromatic ring is 1. The molecule has 4 nitrogen and oxygen atoms in total. The van der Waals surface area contributed by atoms with Gasteiger partial charge < -0.3 is 5.73 Å². The molecule has 1 aromatic carbocycles. The van der Waals surface area contributed by atoms with Gasteiger partial charge in [0.1, 0.15) is 5.82 Å². The Balaban J connectivity index is 2.11. The number of aryl methyl sites for hydroxylation is 1. The lowest BCUT2D eigenvalue weighted by atomic mass is 9.88. The maximum Gasteiger partial charge on any atom is 0.239 e. The minimum absolute atomic E-state index is 0.252. The predicted molar refractivity (Wildman–Crippen MR) is 71.7 cm³/mol. The standard InChI is InChI=1S/C13H15ClN4/c1-8-9(4-2-6-11(8)14)10-5-3-7-18-12(10)16-13(15)17-18/h2,4,6,10H,3,5,7H2,1H3,(H2,15,17). The molecule has 5 heteroatoms. The number of hydrogen-bond acceptors (Lipinski definition) is 3. The molecule has 1 aromatic heterocycles. The van der Waals surface area contributed by atoms with Crippen LogP contribution in [0.5, 0.6) is 0 Å². The maximum absolute atomic E-state index is 6.20. The summed E-state index contributed by atoms with van der Waals surface area (Å²) in [4.78, 5) is 4.37. The van der Waals surface area contributed by atoms with Gasteiger partial charge in [0.05, 0.1) is 0 Å². The van der Waals surface area contributed by atoms with Crippen LogP contribution in [0.25, 0.3) is 0 Å². The molecule has 0 bridgehead atoms. The van der Waals surface area contributed by atoms with E-state index < -0.39 is 0 Å². The van der Waals surface area contributed by atoms with E-state index in [-0.39, 0.29) is 5.92 Å². The second kappa shape index (κ2) is 4.28. The monoisotopic (exact) mass is 262 g/mol. The van der Waals surface area contributed by atoms with Crippen LogP contribution in [0.1, 0.15) is 35.7 Å². The molecule has 2 aromatic rings. The van der Waals surface area contributed by atoms with Crippen LogP contribution in [0.2, 0.25) is 5.02 Å². The minimum atomic E-state index is 0.252. The van der Waals surface area contributed by atoms with E-state index in [9.17, 15) is 0 Å². The van der Waals surface area contributed by atoms with Crippen molar-refractivity contribution in [2.45, 2.75) is 32.2 Å². The zero-order valence-corrected chi connectivity index (χ0v) is 11.0. The van der Waals surface area contributed by atoms with E-state index >= 15 is 0 Å². The summed E-state index contributed by atoms with van der Waals surface area (Å²) < 4.78 is 1.92. The zero-order chi connectivity index (χ0) is 12.7. The zero-order valence-electron chi connectivity index (χ0n) is 10.2. The Hall–Kier alpha value is -1.55. The van der Waals surface area contributed by atoms with Crippen LogP contribution in [0.15, 0.2) is 18.2 Å². The number of anilines is 1. The first kappa shape index (κ1) is 11.5. The molecule has 0 amide bonds. The average Bonchev–Trinajstić information content (AvgIpc) is 2.73. The highest BCUT2D eigenvalue weighted by Gasteiger charge is 2.26. The van der Waals surface area contributed by atoms with Crippen LogP contribution in [-0.4, -0.2) is 14.8 Å². The van der Waals surface area contributed by atoms with Crippen molar-refractivity contribution < 1.29 is 0 Å². The second-order valence-electron chi connectivity index (χ2n) is 4.70. The van der Waals surface area contributed by atoms with Crippen LogP contribution in [0.3, 0.4) is 0 Å². The molecule has 0 spiro atoms. The molecule has 0 saturated carbocycles. The Kier molecular flexibility index (Phi) is 2.74. The Labute approximate surface area is 111 Å². The lowest BCUT2D eigenvalue weighted by Crippen LogP contribution is -2.18. The van der Waals surface area contributed by atoms with Gasteiger partial charge in [0.2, 0.25) is 5.95 Å². The first-order valence-electron chi connectivity index (χ1n) is 6.12. The molecular weight excluding hydrogens is 248 g/mol. The first-order chi connectivity index (χ1) is 8.66. The fraction of sp³-hybridized carbons (Fsp3) is 0.385. The molecule has 18 heavy (non-hydrogen) atoms. The molecule has 1 unspecified atom stereocenters. The number of halogens is 1. The third-order valence-electron chi connectivity index (χ3n) is 3.58. The van der Waals surface area contributed by atoms with Gasteiger partial charge in [-0.25, -0.2) is 4.68 Å². The number of nitrogens with zero attached hydrogens (tertiary/aromatic N) is 3. The number of fused-ring (bicyclic) bond motifs is 1. The van der Waals surface area contributed by atoms with Crippen molar-refractivity contribution >= 4 is 17.5 Å². The van der Waals surface area contributed by atoms with Crippen molar-refractivity contribution in [2.75, 3.05) is 5.73 Å². The Morgan fingerprint density at radius 1 is 1.44 bits per heavy atom. The van der Waals surface area contributed by atoms with E-state index in [4.69, 9.17) is 17.3 Å². The number of rotatable bonds is 1. The van der Waals surface area contributed by atoms with Crippen LogP contribution in [0, 0.1) is 6.92 Å². The van der Waals surface area contributed by atoms with Gasteiger partial charge in [0.25, 0.3) is 0 Å². The lowest BCUT2D eigenvalue weighted by Gasteiger charge is -2.24. The fourth-order valence-corrected chi connectivity index (χ4v) is 2.85. The summed E-state index contributed by atoms with van der Waals surface area (Å²) in [6, 6.07) is 6.03. The quantitative estimate of drug-likeness (QED) is 0.860. The summed E-state index contributed by atoms with van der Waals surface area (Å²) in [5.41, 5.74) is 8.05. The molecule has 1 atom stereocenters. The summed E-state index contributed by atoms with van der Waals surface area (Å²) in [6.07, 6.45) is 2.16. The molecule has 3 rings (SSSR count). The summed E-state index contributed by atoms with van der Waals surface area (Å²) >= 11 is 6.20. The summed E-state index contributed by atoms with van der Waals surface area (Å²) in [6.45, 7) is 2.95. The van der Waals surface area contributed by atoms with Gasteiger partial charge in [-0.2, -0.15) is 4.98 Å². The molecule has 0 radical (unpaired) electrons. The van der Waals surface area contributed by atoms with E-state index in [1.165, 1.54) is 5.56 Å². The van der Waals surface area contributed by atoms with Gasteiger partial charge in [0, 0.05) is 17.5 Å². The molecule has 0 aliphatic carbocycles. The molecule has 2 heterocycles. The topological polar surface area (TPSA) is 56.7 Å². The summed E-state index contributed by atoms with van der Waals surface area (Å²) in [7, 11) is 0. The van der Waals surface area contributed by atoms with Gasteiger partial charge >= 0.3 is 0 Å². The van der Waals surface area contributed by atoms with E-state index in [0.29, 0.717) is 5.95 Å². The average molecular weight is 263 g/mol. The van der Waals surface area contributed by atoms with Crippen LogP contribution in [0.4, 0.5) is 5.95 Å². The van der Waals surface area contributed by atoms with Gasteiger partial charge in [-0.1, -0.05) is 23.7 Å². The minimum Gasteiger partial charge on any atom is -0.366 e. The third kappa shape index (κ3) is 1.77. The van der Waals surface area contributed by atoms with Crippen molar-refractivity contribution in [3.05, 3.63) is 40.2 Å². The highest BCUT2D eigenvalue weighted by Crippen LogP contribution is 2.35. The largest absolute Gasteiger partial charge is 0.366 e. The molecular formula is C13H15ClN4. The van der Waals surface area contributed by atoms with Crippen molar-refractivity contribution in [1.29, 1.82) is 0 Å². The third-order valence-corrected chi connectivity index (χ3v) is 3.99. The smallest absolute Gasteiger partial charge is 0.239 e. The lowest BCUT2D eigenvalue weighted by molar-refractivity contribution is 0.445. The van der Waals surface area contributed by atoms with E-state index in [0.717, 1.165) is 35.8 Å². The molecule has 2 N–H and O–H groups in total. The normalized spacial score (nSPS) is 18.7. The number of nitrogens with two attached hydrogens (primary N) is 1. The van der Waals surface area contributed by atoms with E-state index in [2.05, 4.69) is 23.1 Å². The van der Waals surface area contributed by atoms with E-state index in [1.807, 2.05) is 16.8 Å². The molecule has 94 valence electrons. The second-order valence-corrected chi connectivity index (χ2v) is 5.11. The fourth-order valence-electron chi connectivity index (χ4n) is 2.67. The van der Waals surface area contributed by atoms with Crippen LogP contribution >= 0.6 is 11.6 Å². The van der Waals surface area contributed by atoms with Gasteiger partial charge in [-0.15, -0.1) is 5.10 Å². The van der Waals surface area contributed by atoms with E-state index in [1.54, 1.807) is 0 Å². The predicted octanol–water partition coefficient (Wildman–Crippen LogP) is 2.75. The number of benzene rings is 1. The highest BCUT2D eigenvalue weighted by atomic mass is 35.5. The van der Waals surface area contributed by atoms with Gasteiger partial charge in [0.15, 0.2) is 0 Å². The van der Waals surface area contributed by atoms with Crippen LogP contribution in [-0.2, 0) is 6.54 Å².